The van der Waals surface area contributed by atoms with Gasteiger partial charge in [-0.1, -0.05) is 29.8 Å². The molecule has 4 aromatic rings. The van der Waals surface area contributed by atoms with Crippen LogP contribution in [0.4, 0.5) is 11.6 Å². The van der Waals surface area contributed by atoms with Gasteiger partial charge in [0.05, 0.1) is 16.1 Å². The average Bonchev–Trinajstić information content (AvgIpc) is 2.75. The number of nitrogens with two attached hydrogens (primary N) is 1. The molecule has 2 heterocycles. The van der Waals surface area contributed by atoms with Crippen LogP contribution < -0.4 is 16.7 Å². The zero-order valence-corrected chi connectivity index (χ0v) is 17.8. The number of rotatable bonds is 5. The fraction of sp³-hybridized carbons (Fsp3) is 0.136. The number of aromatic nitrogens is 4. The Morgan fingerprint density at radius 3 is 2.78 bits per heavy atom. The van der Waals surface area contributed by atoms with Crippen LogP contribution in [0.5, 0.6) is 5.75 Å². The van der Waals surface area contributed by atoms with Crippen molar-refractivity contribution in [1.29, 1.82) is 0 Å². The van der Waals surface area contributed by atoms with Gasteiger partial charge in [-0.15, -0.1) is 0 Å². The molecule has 0 atom stereocenters. The highest BCUT2D eigenvalue weighted by Crippen LogP contribution is 2.26. The SMILES string of the molecule is Cc1c2cnc(N)nc2nc(=O)n1-c1cc(NC(=O)CCc2ccccc2O)ccc1Cl. The standard InChI is InChI=1S/C22H19ClN6O3/c1-12-15-11-25-21(24)27-20(15)28-22(32)29(12)17-10-14(7-8-16(17)23)26-19(31)9-6-13-4-2-3-5-18(13)30/h2-5,7-8,10-11,30H,6,9H2,1H3,(H,26,31)(H2,24,27,28,32). The fourth-order valence-electron chi connectivity index (χ4n) is 3.37. The highest BCUT2D eigenvalue weighted by molar-refractivity contribution is 6.32. The Kier molecular flexibility index (Phi) is 5.74. The molecule has 2 aromatic heterocycles. The molecule has 0 unspecified atom stereocenters. The highest BCUT2D eigenvalue weighted by Gasteiger charge is 2.15. The first kappa shape index (κ1) is 21.3. The van der Waals surface area contributed by atoms with E-state index in [4.69, 9.17) is 17.3 Å². The second kappa shape index (κ2) is 8.64. The second-order valence-corrected chi connectivity index (χ2v) is 7.53. The maximum atomic E-state index is 12.7. The number of fused-ring (bicyclic) bond motifs is 1. The summed E-state index contributed by atoms with van der Waals surface area (Å²) >= 11 is 6.37. The van der Waals surface area contributed by atoms with Crippen molar-refractivity contribution >= 4 is 40.2 Å². The van der Waals surface area contributed by atoms with E-state index in [0.29, 0.717) is 39.5 Å². The van der Waals surface area contributed by atoms with Crippen LogP contribution in [0.1, 0.15) is 17.7 Å². The first-order valence-electron chi connectivity index (χ1n) is 9.72. The van der Waals surface area contributed by atoms with Gasteiger partial charge in [-0.25, -0.2) is 9.78 Å². The molecule has 32 heavy (non-hydrogen) atoms. The monoisotopic (exact) mass is 450 g/mol. The van der Waals surface area contributed by atoms with Gasteiger partial charge in [0.1, 0.15) is 5.75 Å². The van der Waals surface area contributed by atoms with Gasteiger partial charge in [-0.3, -0.25) is 9.36 Å². The number of hydrogen-bond acceptors (Lipinski definition) is 7. The van der Waals surface area contributed by atoms with Crippen LogP contribution in [0, 0.1) is 6.92 Å². The number of aryl methyl sites for hydroxylation is 2. The molecule has 4 rings (SSSR count). The lowest BCUT2D eigenvalue weighted by Gasteiger charge is -2.14. The predicted molar refractivity (Wildman–Crippen MR) is 122 cm³/mol. The van der Waals surface area contributed by atoms with E-state index in [0.717, 1.165) is 0 Å². The third-order valence-electron chi connectivity index (χ3n) is 4.99. The van der Waals surface area contributed by atoms with E-state index in [1.807, 2.05) is 0 Å². The van der Waals surface area contributed by atoms with Crippen LogP contribution in [0.25, 0.3) is 16.7 Å². The van der Waals surface area contributed by atoms with Crippen molar-refractivity contribution < 1.29 is 9.90 Å². The molecular weight excluding hydrogens is 432 g/mol. The number of para-hydroxylation sites is 1. The number of carbonyl (C=O) groups excluding carboxylic acids is 1. The molecular formula is C22H19ClN6O3. The number of nitrogen functional groups attached to an aromatic ring is 1. The van der Waals surface area contributed by atoms with Crippen molar-refractivity contribution in [3.05, 3.63) is 75.4 Å². The summed E-state index contributed by atoms with van der Waals surface area (Å²) in [6.45, 7) is 1.72. The van der Waals surface area contributed by atoms with Gasteiger partial charge in [-0.05, 0) is 43.2 Å². The molecule has 0 aliphatic rings. The van der Waals surface area contributed by atoms with Crippen molar-refractivity contribution in [2.75, 3.05) is 11.1 Å². The topological polar surface area (TPSA) is 136 Å². The predicted octanol–water partition coefficient (Wildman–Crippen LogP) is 3.00. The van der Waals surface area contributed by atoms with E-state index in [-0.39, 0.29) is 29.7 Å². The number of nitrogens with one attached hydrogen (secondary N) is 1. The summed E-state index contributed by atoms with van der Waals surface area (Å²) in [5, 5.41) is 13.5. The van der Waals surface area contributed by atoms with Crippen molar-refractivity contribution in [3.63, 3.8) is 0 Å². The van der Waals surface area contributed by atoms with Gasteiger partial charge in [0.15, 0.2) is 5.65 Å². The molecule has 1 amide bonds. The normalized spacial score (nSPS) is 10.9. The largest absolute Gasteiger partial charge is 0.508 e. The van der Waals surface area contributed by atoms with Crippen molar-refractivity contribution in [3.8, 4) is 11.4 Å². The van der Waals surface area contributed by atoms with Crippen LogP contribution in [0.3, 0.4) is 0 Å². The number of halogens is 1. The van der Waals surface area contributed by atoms with Crippen molar-refractivity contribution in [1.82, 2.24) is 19.5 Å². The van der Waals surface area contributed by atoms with Crippen LogP contribution in [-0.2, 0) is 11.2 Å². The number of aromatic hydroxyl groups is 1. The number of anilines is 2. The lowest BCUT2D eigenvalue weighted by atomic mass is 10.1. The summed E-state index contributed by atoms with van der Waals surface area (Å²) < 4.78 is 1.34. The van der Waals surface area contributed by atoms with E-state index in [2.05, 4.69) is 20.3 Å². The van der Waals surface area contributed by atoms with Gasteiger partial charge < -0.3 is 16.2 Å². The molecule has 4 N–H and O–H groups in total. The molecule has 0 fully saturated rings. The Morgan fingerprint density at radius 1 is 1.22 bits per heavy atom. The van der Waals surface area contributed by atoms with Gasteiger partial charge in [0, 0.05) is 24.0 Å². The maximum Gasteiger partial charge on any atom is 0.354 e. The van der Waals surface area contributed by atoms with Gasteiger partial charge in [0.2, 0.25) is 11.9 Å². The molecule has 10 heteroatoms. The minimum absolute atomic E-state index is 0.0214. The zero-order chi connectivity index (χ0) is 22.8. The van der Waals surface area contributed by atoms with Crippen molar-refractivity contribution in [2.45, 2.75) is 19.8 Å². The quantitative estimate of drug-likeness (QED) is 0.425. The number of benzene rings is 2. The van der Waals surface area contributed by atoms with E-state index < -0.39 is 5.69 Å². The lowest BCUT2D eigenvalue weighted by molar-refractivity contribution is -0.116. The van der Waals surface area contributed by atoms with E-state index in [1.165, 1.54) is 10.8 Å². The Labute approximate surface area is 187 Å². The van der Waals surface area contributed by atoms with Crippen LogP contribution in [-0.4, -0.2) is 30.5 Å². The zero-order valence-electron chi connectivity index (χ0n) is 17.0. The number of carbonyl (C=O) groups is 1. The molecule has 0 radical (unpaired) electrons. The number of nitrogens with zero attached hydrogens (tertiary/aromatic N) is 4. The summed E-state index contributed by atoms with van der Waals surface area (Å²) in [5.41, 5.74) is 7.24. The third kappa shape index (κ3) is 4.23. The smallest absolute Gasteiger partial charge is 0.354 e. The average molecular weight is 451 g/mol. The van der Waals surface area contributed by atoms with Crippen molar-refractivity contribution in [2.24, 2.45) is 0 Å². The van der Waals surface area contributed by atoms with E-state index >= 15 is 0 Å². The molecule has 0 saturated carbocycles. The van der Waals surface area contributed by atoms with Crippen LogP contribution in [0.2, 0.25) is 5.02 Å². The fourth-order valence-corrected chi connectivity index (χ4v) is 3.57. The van der Waals surface area contributed by atoms with Gasteiger partial charge in [-0.2, -0.15) is 9.97 Å². The second-order valence-electron chi connectivity index (χ2n) is 7.12. The first-order chi connectivity index (χ1) is 15.3. The van der Waals surface area contributed by atoms with Crippen LogP contribution in [0.15, 0.2) is 53.5 Å². The molecule has 2 aromatic carbocycles. The molecule has 0 saturated heterocycles. The molecule has 0 spiro atoms. The first-order valence-corrected chi connectivity index (χ1v) is 10.1. The summed E-state index contributed by atoms with van der Waals surface area (Å²) in [7, 11) is 0. The third-order valence-corrected chi connectivity index (χ3v) is 5.31. The summed E-state index contributed by atoms with van der Waals surface area (Å²) in [4.78, 5) is 37.1. The Hall–Kier alpha value is -3.98. The lowest BCUT2D eigenvalue weighted by Crippen LogP contribution is -2.25. The Balaban J connectivity index is 1.62. The molecule has 0 aliphatic heterocycles. The molecule has 9 nitrogen and oxygen atoms in total. The number of phenols is 1. The molecule has 0 aliphatic carbocycles. The summed E-state index contributed by atoms with van der Waals surface area (Å²) in [5.74, 6) is -0.0716. The number of hydrogen-bond donors (Lipinski definition) is 3. The summed E-state index contributed by atoms with van der Waals surface area (Å²) in [6, 6.07) is 11.7. The minimum atomic E-state index is -0.585. The van der Waals surface area contributed by atoms with Crippen LogP contribution >= 0.6 is 11.6 Å². The minimum Gasteiger partial charge on any atom is -0.508 e. The Bertz CT molecular complexity index is 1400. The number of amides is 1. The van der Waals surface area contributed by atoms with E-state index in [1.54, 1.807) is 49.4 Å². The van der Waals surface area contributed by atoms with Gasteiger partial charge >= 0.3 is 5.69 Å². The molecule has 0 bridgehead atoms. The summed E-state index contributed by atoms with van der Waals surface area (Å²) in [6.07, 6.45) is 2.05. The maximum absolute atomic E-state index is 12.7. The highest BCUT2D eigenvalue weighted by atomic mass is 35.5. The van der Waals surface area contributed by atoms with E-state index in [9.17, 15) is 14.7 Å². The number of phenolic OH excluding ortho intramolecular Hbond substituents is 1. The Morgan fingerprint density at radius 2 is 2.00 bits per heavy atom. The molecule has 162 valence electrons. The van der Waals surface area contributed by atoms with Gasteiger partial charge in [0.25, 0.3) is 0 Å².